The topological polar surface area (TPSA) is 54.5 Å². The normalized spacial score (nSPS) is 14.4. The number of carbonyl (C=O) groups excluding carboxylic acids is 3. The van der Waals surface area contributed by atoms with Gasteiger partial charge in [-0.2, -0.15) is 0 Å². The molecule has 0 atom stereocenters. The maximum absolute atomic E-state index is 11.3. The Kier molecular flexibility index (Phi) is 7.78. The van der Waals surface area contributed by atoms with Gasteiger partial charge < -0.3 is 0 Å². The number of hydrogen-bond donors (Lipinski definition) is 0. The second-order valence-electron chi connectivity index (χ2n) is 4.88. The summed E-state index contributed by atoms with van der Waals surface area (Å²) in [6.07, 6.45) is 13.8. The highest BCUT2D eigenvalue weighted by atomic mass is 16.2. The van der Waals surface area contributed by atoms with Crippen LogP contribution in [0.15, 0.2) is 12.2 Å². The van der Waals surface area contributed by atoms with Gasteiger partial charge in [-0.3, -0.25) is 19.3 Å². The molecule has 0 saturated carbocycles. The molecule has 0 bridgehead atoms. The number of carbonyl (C=O) groups is 2. The van der Waals surface area contributed by atoms with E-state index in [0.717, 1.165) is 32.1 Å². The van der Waals surface area contributed by atoms with Crippen LogP contribution in [0.2, 0.25) is 0 Å². The van der Waals surface area contributed by atoms with Crippen LogP contribution < -0.4 is 0 Å². The Morgan fingerprint density at radius 1 is 0.789 bits per heavy atom. The summed E-state index contributed by atoms with van der Waals surface area (Å²) in [5.74, 6) is -0.367. The van der Waals surface area contributed by atoms with Gasteiger partial charge in [0, 0.05) is 25.1 Å². The Morgan fingerprint density at radius 2 is 1.26 bits per heavy atom. The zero-order valence-corrected chi connectivity index (χ0v) is 11.4. The molecule has 0 N–H and O–H groups in total. The number of imide groups is 1. The summed E-state index contributed by atoms with van der Waals surface area (Å²) in [5.41, 5.74) is 0. The second kappa shape index (κ2) is 9.48. The number of nitrogens with zero attached hydrogens (tertiary/aromatic N) is 1. The first-order chi connectivity index (χ1) is 9.25. The third-order valence-electron chi connectivity index (χ3n) is 3.31. The Balaban J connectivity index is 1.88. The maximum atomic E-state index is 11.3. The van der Waals surface area contributed by atoms with Crippen molar-refractivity contribution in [3.05, 3.63) is 12.2 Å². The zero-order valence-electron chi connectivity index (χ0n) is 11.4. The second-order valence-corrected chi connectivity index (χ2v) is 4.88. The highest BCUT2D eigenvalue weighted by molar-refractivity contribution is 6.12. The van der Waals surface area contributed by atoms with Gasteiger partial charge in [0.05, 0.1) is 0 Å². The highest BCUT2D eigenvalue weighted by Crippen LogP contribution is 2.11. The summed E-state index contributed by atoms with van der Waals surface area (Å²) in [7, 11) is 0. The molecule has 0 fully saturated rings. The first kappa shape index (κ1) is 15.6. The fraction of sp³-hybridized carbons (Fsp3) is 0.667. The summed E-state index contributed by atoms with van der Waals surface area (Å²) >= 11 is 0. The smallest absolute Gasteiger partial charge is 0.253 e. The van der Waals surface area contributed by atoms with Gasteiger partial charge in [-0.25, -0.2) is 0 Å². The van der Waals surface area contributed by atoms with Gasteiger partial charge in [-0.1, -0.05) is 38.5 Å². The van der Waals surface area contributed by atoms with E-state index in [9.17, 15) is 14.4 Å². The van der Waals surface area contributed by atoms with Gasteiger partial charge in [-0.05, 0) is 12.8 Å². The van der Waals surface area contributed by atoms with Crippen molar-refractivity contribution < 1.29 is 14.4 Å². The molecular formula is C15H22NO3. The lowest BCUT2D eigenvalue weighted by Crippen LogP contribution is -2.30. The molecule has 0 aromatic carbocycles. The van der Waals surface area contributed by atoms with Gasteiger partial charge >= 0.3 is 0 Å². The fourth-order valence-electron chi connectivity index (χ4n) is 2.18. The summed E-state index contributed by atoms with van der Waals surface area (Å²) in [6, 6.07) is 0. The molecule has 1 aliphatic heterocycles. The van der Waals surface area contributed by atoms with Crippen LogP contribution in [0.4, 0.5) is 0 Å². The van der Waals surface area contributed by atoms with E-state index in [2.05, 4.69) is 0 Å². The SMILES string of the molecule is O=[C]CCCCCCCCCCN1C(=O)C=CC1=O. The Morgan fingerprint density at radius 3 is 1.79 bits per heavy atom. The Labute approximate surface area is 114 Å². The van der Waals surface area contributed by atoms with Crippen LogP contribution in [-0.4, -0.2) is 29.5 Å². The van der Waals surface area contributed by atoms with Gasteiger partial charge in [-0.15, -0.1) is 0 Å². The van der Waals surface area contributed by atoms with E-state index >= 15 is 0 Å². The third-order valence-corrected chi connectivity index (χ3v) is 3.31. The van der Waals surface area contributed by atoms with Gasteiger partial charge in [0.15, 0.2) is 6.29 Å². The predicted molar refractivity (Wildman–Crippen MR) is 73.1 cm³/mol. The van der Waals surface area contributed by atoms with Crippen LogP contribution >= 0.6 is 0 Å². The van der Waals surface area contributed by atoms with Crippen LogP contribution in [0.1, 0.15) is 57.8 Å². The molecule has 0 unspecified atom stereocenters. The summed E-state index contributed by atoms with van der Waals surface area (Å²) < 4.78 is 0. The quantitative estimate of drug-likeness (QED) is 0.425. The summed E-state index contributed by atoms with van der Waals surface area (Å²) in [6.45, 7) is 0.542. The molecule has 1 radical (unpaired) electrons. The van der Waals surface area contributed by atoms with Crippen LogP contribution in [0.5, 0.6) is 0 Å². The number of amides is 2. The van der Waals surface area contributed by atoms with Crippen LogP contribution in [0.25, 0.3) is 0 Å². The van der Waals surface area contributed by atoms with Crippen molar-refractivity contribution in [1.29, 1.82) is 0 Å². The molecule has 19 heavy (non-hydrogen) atoms. The third kappa shape index (κ3) is 6.32. The molecule has 4 nitrogen and oxygen atoms in total. The minimum Gasteiger partial charge on any atom is -0.291 e. The van der Waals surface area contributed by atoms with Gasteiger partial charge in [0.2, 0.25) is 0 Å². The van der Waals surface area contributed by atoms with E-state index in [1.54, 1.807) is 0 Å². The van der Waals surface area contributed by atoms with Gasteiger partial charge in [0.1, 0.15) is 0 Å². The van der Waals surface area contributed by atoms with E-state index in [-0.39, 0.29) is 11.8 Å². The lowest BCUT2D eigenvalue weighted by molar-refractivity contribution is -0.136. The standard InChI is InChI=1S/C15H22NO3/c17-13-9-7-5-3-1-2-4-6-8-12-16-14(18)10-11-15(16)19/h10-11H,1-9,12H2. The van der Waals surface area contributed by atoms with Crippen molar-refractivity contribution in [3.63, 3.8) is 0 Å². The van der Waals surface area contributed by atoms with Crippen LogP contribution in [-0.2, 0) is 14.4 Å². The first-order valence-corrected chi connectivity index (χ1v) is 7.14. The number of rotatable bonds is 11. The monoisotopic (exact) mass is 264 g/mol. The molecule has 105 valence electrons. The maximum Gasteiger partial charge on any atom is 0.253 e. The molecule has 1 aliphatic rings. The van der Waals surface area contributed by atoms with Crippen molar-refractivity contribution >= 4 is 18.1 Å². The van der Waals surface area contributed by atoms with Crippen molar-refractivity contribution in [2.45, 2.75) is 57.8 Å². The van der Waals surface area contributed by atoms with Crippen molar-refractivity contribution in [1.82, 2.24) is 4.90 Å². The molecular weight excluding hydrogens is 242 g/mol. The van der Waals surface area contributed by atoms with Crippen LogP contribution in [0, 0.1) is 0 Å². The van der Waals surface area contributed by atoms with E-state index in [0.29, 0.717) is 13.0 Å². The molecule has 2 amide bonds. The van der Waals surface area contributed by atoms with Crippen molar-refractivity contribution in [3.8, 4) is 0 Å². The number of hydrogen-bond acceptors (Lipinski definition) is 3. The molecule has 0 aromatic heterocycles. The molecule has 1 heterocycles. The average Bonchev–Trinajstić information content (AvgIpc) is 2.72. The Bertz CT molecular complexity index is 318. The molecule has 0 aliphatic carbocycles. The lowest BCUT2D eigenvalue weighted by atomic mass is 10.1. The minimum absolute atomic E-state index is 0.183. The molecule has 0 spiro atoms. The molecule has 1 rings (SSSR count). The van der Waals surface area contributed by atoms with Gasteiger partial charge in [0.25, 0.3) is 11.8 Å². The molecule has 4 heteroatoms. The Hall–Kier alpha value is -1.45. The van der Waals surface area contributed by atoms with Crippen molar-refractivity contribution in [2.75, 3.05) is 6.54 Å². The van der Waals surface area contributed by atoms with E-state index in [1.165, 1.54) is 36.3 Å². The number of unbranched alkanes of at least 4 members (excludes halogenated alkanes) is 8. The van der Waals surface area contributed by atoms with E-state index < -0.39 is 0 Å². The molecule has 0 saturated heterocycles. The van der Waals surface area contributed by atoms with Crippen LogP contribution in [0.3, 0.4) is 0 Å². The summed E-state index contributed by atoms with van der Waals surface area (Å²) in [5, 5.41) is 0. The first-order valence-electron chi connectivity index (χ1n) is 7.14. The predicted octanol–water partition coefficient (Wildman–Crippen LogP) is 2.53. The van der Waals surface area contributed by atoms with E-state index in [4.69, 9.17) is 0 Å². The van der Waals surface area contributed by atoms with Crippen molar-refractivity contribution in [2.24, 2.45) is 0 Å². The zero-order chi connectivity index (χ0) is 13.9. The lowest BCUT2D eigenvalue weighted by Gasteiger charge is -2.12. The largest absolute Gasteiger partial charge is 0.291 e. The minimum atomic E-state index is -0.183. The van der Waals surface area contributed by atoms with E-state index in [1.807, 2.05) is 6.29 Å². The average molecular weight is 264 g/mol. The molecule has 0 aromatic rings. The fourth-order valence-corrected chi connectivity index (χ4v) is 2.18. The summed E-state index contributed by atoms with van der Waals surface area (Å²) in [4.78, 5) is 33.8. The highest BCUT2D eigenvalue weighted by Gasteiger charge is 2.21.